The van der Waals surface area contributed by atoms with Gasteiger partial charge in [0.05, 0.1) is 11.8 Å². The van der Waals surface area contributed by atoms with Crippen molar-refractivity contribution in [1.29, 1.82) is 0 Å². The lowest BCUT2D eigenvalue weighted by Gasteiger charge is -2.22. The standard InChI is InChI=1S/C13H19F3N2O/c1-3-18(4-2)8-10(19)7-17-12-6-9(14)5-11(15)13(12)16/h5-6,10,17,19H,3-4,7-8H2,1-2H3. The topological polar surface area (TPSA) is 35.5 Å². The first-order valence-electron chi connectivity index (χ1n) is 6.26. The van der Waals surface area contributed by atoms with Crippen molar-refractivity contribution in [3.8, 4) is 0 Å². The molecule has 0 aliphatic carbocycles. The van der Waals surface area contributed by atoms with Gasteiger partial charge in [0.1, 0.15) is 5.82 Å². The zero-order valence-corrected chi connectivity index (χ0v) is 11.1. The van der Waals surface area contributed by atoms with Crippen LogP contribution in [0.1, 0.15) is 13.8 Å². The summed E-state index contributed by atoms with van der Waals surface area (Å²) in [6.45, 7) is 5.94. The molecule has 1 unspecified atom stereocenters. The zero-order valence-electron chi connectivity index (χ0n) is 11.1. The maximum Gasteiger partial charge on any atom is 0.182 e. The molecule has 2 N–H and O–H groups in total. The van der Waals surface area contributed by atoms with Gasteiger partial charge in [-0.1, -0.05) is 13.8 Å². The van der Waals surface area contributed by atoms with E-state index in [4.69, 9.17) is 0 Å². The van der Waals surface area contributed by atoms with Gasteiger partial charge in [-0.3, -0.25) is 0 Å². The van der Waals surface area contributed by atoms with Crippen LogP contribution in [-0.4, -0.2) is 42.3 Å². The Hall–Kier alpha value is -1.27. The smallest absolute Gasteiger partial charge is 0.182 e. The van der Waals surface area contributed by atoms with E-state index in [1.165, 1.54) is 0 Å². The molecular formula is C13H19F3N2O. The number of nitrogens with one attached hydrogen (secondary N) is 1. The monoisotopic (exact) mass is 276 g/mol. The van der Waals surface area contributed by atoms with E-state index in [0.29, 0.717) is 12.6 Å². The maximum absolute atomic E-state index is 13.3. The predicted molar refractivity (Wildman–Crippen MR) is 68.6 cm³/mol. The first kappa shape index (κ1) is 15.8. The summed E-state index contributed by atoms with van der Waals surface area (Å²) in [6.07, 6.45) is -0.745. The van der Waals surface area contributed by atoms with Gasteiger partial charge < -0.3 is 15.3 Å². The van der Waals surface area contributed by atoms with E-state index in [9.17, 15) is 18.3 Å². The Morgan fingerprint density at radius 1 is 1.21 bits per heavy atom. The lowest BCUT2D eigenvalue weighted by Crippen LogP contribution is -2.36. The molecule has 19 heavy (non-hydrogen) atoms. The van der Waals surface area contributed by atoms with Crippen LogP contribution in [0.5, 0.6) is 0 Å². The van der Waals surface area contributed by atoms with Crippen molar-refractivity contribution < 1.29 is 18.3 Å². The van der Waals surface area contributed by atoms with Gasteiger partial charge >= 0.3 is 0 Å². The van der Waals surface area contributed by atoms with Crippen molar-refractivity contribution in [2.45, 2.75) is 20.0 Å². The Morgan fingerprint density at radius 3 is 2.42 bits per heavy atom. The molecule has 1 rings (SSSR count). The second-order valence-electron chi connectivity index (χ2n) is 4.27. The molecule has 0 saturated heterocycles. The molecule has 1 aromatic rings. The molecule has 0 aliphatic rings. The highest BCUT2D eigenvalue weighted by atomic mass is 19.2. The number of halogens is 3. The fourth-order valence-corrected chi connectivity index (χ4v) is 1.76. The van der Waals surface area contributed by atoms with Gasteiger partial charge in [-0.2, -0.15) is 0 Å². The van der Waals surface area contributed by atoms with Gasteiger partial charge in [0.25, 0.3) is 0 Å². The van der Waals surface area contributed by atoms with Gasteiger partial charge in [-0.05, 0) is 13.1 Å². The van der Waals surface area contributed by atoms with Crippen molar-refractivity contribution >= 4 is 5.69 Å². The lowest BCUT2D eigenvalue weighted by molar-refractivity contribution is 0.128. The van der Waals surface area contributed by atoms with E-state index in [0.717, 1.165) is 19.2 Å². The molecule has 0 amide bonds. The highest BCUT2D eigenvalue weighted by molar-refractivity contribution is 5.45. The van der Waals surface area contributed by atoms with E-state index < -0.39 is 23.6 Å². The number of aliphatic hydroxyl groups is 1. The quantitative estimate of drug-likeness (QED) is 0.750. The first-order valence-corrected chi connectivity index (χ1v) is 6.26. The second-order valence-corrected chi connectivity index (χ2v) is 4.27. The molecule has 0 aliphatic heterocycles. The fraction of sp³-hybridized carbons (Fsp3) is 0.538. The summed E-state index contributed by atoms with van der Waals surface area (Å²) < 4.78 is 39.2. The van der Waals surface area contributed by atoms with E-state index >= 15 is 0 Å². The Bertz CT molecular complexity index is 411. The van der Waals surface area contributed by atoms with Crippen molar-refractivity contribution in [2.75, 3.05) is 31.5 Å². The summed E-state index contributed by atoms with van der Waals surface area (Å²) in [7, 11) is 0. The minimum absolute atomic E-state index is 0.0241. The lowest BCUT2D eigenvalue weighted by atomic mass is 10.2. The molecule has 0 saturated carbocycles. The molecular weight excluding hydrogens is 257 g/mol. The Kier molecular flexibility index (Phi) is 6.11. The van der Waals surface area contributed by atoms with Crippen LogP contribution < -0.4 is 5.32 Å². The van der Waals surface area contributed by atoms with Crippen LogP contribution in [0, 0.1) is 17.5 Å². The van der Waals surface area contributed by atoms with E-state index in [2.05, 4.69) is 5.32 Å². The van der Waals surface area contributed by atoms with E-state index in [1.54, 1.807) is 0 Å². The second kappa shape index (κ2) is 7.35. The third-order valence-corrected chi connectivity index (χ3v) is 2.88. The van der Waals surface area contributed by atoms with Crippen LogP contribution in [0.4, 0.5) is 18.9 Å². The molecule has 0 fully saturated rings. The third-order valence-electron chi connectivity index (χ3n) is 2.88. The van der Waals surface area contributed by atoms with E-state index in [1.807, 2.05) is 18.7 Å². The van der Waals surface area contributed by atoms with Gasteiger partial charge in [-0.25, -0.2) is 13.2 Å². The van der Waals surface area contributed by atoms with Crippen molar-refractivity contribution in [3.05, 3.63) is 29.6 Å². The molecule has 0 radical (unpaired) electrons. The first-order chi connectivity index (χ1) is 8.97. The SMILES string of the molecule is CCN(CC)CC(O)CNc1cc(F)cc(F)c1F. The van der Waals surface area contributed by atoms with Crippen molar-refractivity contribution in [3.63, 3.8) is 0 Å². The average Bonchev–Trinajstić information content (AvgIpc) is 2.38. The van der Waals surface area contributed by atoms with Gasteiger partial charge in [0.2, 0.25) is 0 Å². The summed E-state index contributed by atoms with van der Waals surface area (Å²) >= 11 is 0. The van der Waals surface area contributed by atoms with Gasteiger partial charge in [-0.15, -0.1) is 0 Å². The largest absolute Gasteiger partial charge is 0.390 e. The van der Waals surface area contributed by atoms with Gasteiger partial charge in [0, 0.05) is 25.2 Å². The molecule has 6 heteroatoms. The molecule has 0 spiro atoms. The number of anilines is 1. The number of hydrogen-bond acceptors (Lipinski definition) is 3. The Labute approximate surface area is 111 Å². The summed E-state index contributed by atoms with van der Waals surface area (Å²) in [5, 5.41) is 12.3. The van der Waals surface area contributed by atoms with Crippen molar-refractivity contribution in [2.24, 2.45) is 0 Å². The fourth-order valence-electron chi connectivity index (χ4n) is 1.76. The van der Waals surface area contributed by atoms with Gasteiger partial charge in [0.15, 0.2) is 11.6 Å². The summed E-state index contributed by atoms with van der Waals surface area (Å²) in [5.41, 5.74) is -0.281. The number of aliphatic hydroxyl groups excluding tert-OH is 1. The van der Waals surface area contributed by atoms with Crippen LogP contribution in [-0.2, 0) is 0 Å². The maximum atomic E-state index is 13.3. The molecule has 0 aromatic heterocycles. The molecule has 1 atom stereocenters. The number of rotatable bonds is 7. The van der Waals surface area contributed by atoms with E-state index in [-0.39, 0.29) is 12.2 Å². The minimum atomic E-state index is -1.25. The number of likely N-dealkylation sites (N-methyl/N-ethyl adjacent to an activating group) is 1. The van der Waals surface area contributed by atoms with Crippen LogP contribution in [0.3, 0.4) is 0 Å². The van der Waals surface area contributed by atoms with Crippen LogP contribution in [0.2, 0.25) is 0 Å². The number of nitrogens with zero attached hydrogens (tertiary/aromatic N) is 1. The Balaban J connectivity index is 2.57. The minimum Gasteiger partial charge on any atom is -0.390 e. The number of benzene rings is 1. The number of hydrogen-bond donors (Lipinski definition) is 2. The highest BCUT2D eigenvalue weighted by Crippen LogP contribution is 2.19. The zero-order chi connectivity index (χ0) is 14.4. The highest BCUT2D eigenvalue weighted by Gasteiger charge is 2.13. The summed E-state index contributed by atoms with van der Waals surface area (Å²) in [5.74, 6) is -3.25. The molecule has 108 valence electrons. The van der Waals surface area contributed by atoms with Crippen LogP contribution in [0.15, 0.2) is 12.1 Å². The molecule has 3 nitrogen and oxygen atoms in total. The molecule has 0 bridgehead atoms. The van der Waals surface area contributed by atoms with Crippen molar-refractivity contribution in [1.82, 2.24) is 4.90 Å². The van der Waals surface area contributed by atoms with Crippen LogP contribution >= 0.6 is 0 Å². The Morgan fingerprint density at radius 2 is 1.84 bits per heavy atom. The normalized spacial score (nSPS) is 12.8. The predicted octanol–water partition coefficient (Wildman–Crippen LogP) is 2.22. The summed E-state index contributed by atoms with van der Waals surface area (Å²) in [6, 6.07) is 1.34. The van der Waals surface area contributed by atoms with Crippen LogP contribution in [0.25, 0.3) is 0 Å². The molecule has 1 aromatic carbocycles. The summed E-state index contributed by atoms with van der Waals surface area (Å²) in [4.78, 5) is 1.99. The molecule has 0 heterocycles. The average molecular weight is 276 g/mol. The third kappa shape index (κ3) is 4.72.